The highest BCUT2D eigenvalue weighted by atomic mass is 19.4. The molecule has 0 aromatic heterocycles. The number of benzene rings is 1. The van der Waals surface area contributed by atoms with Crippen molar-refractivity contribution in [3.05, 3.63) is 29.8 Å². The molecule has 0 saturated carbocycles. The second-order valence-corrected chi connectivity index (χ2v) is 4.63. The van der Waals surface area contributed by atoms with Crippen molar-refractivity contribution in [3.8, 4) is 5.75 Å². The molecular formula is C13H10F6O4. The SMILES string of the molecule is O=C(CC(C(=O)C(F)(F)F)C(O)C(F)(F)F)c1ccc(O)cc1. The van der Waals surface area contributed by atoms with Crippen LogP contribution in [0.15, 0.2) is 24.3 Å². The van der Waals surface area contributed by atoms with E-state index in [-0.39, 0.29) is 11.3 Å². The Balaban J connectivity index is 3.08. The Bertz CT molecular complexity index is 576. The summed E-state index contributed by atoms with van der Waals surface area (Å²) >= 11 is 0. The molecule has 0 radical (unpaired) electrons. The third-order valence-electron chi connectivity index (χ3n) is 2.93. The number of aliphatic hydroxyl groups is 1. The van der Waals surface area contributed by atoms with Gasteiger partial charge in [0.1, 0.15) is 5.75 Å². The molecule has 1 rings (SSSR count). The molecule has 10 heteroatoms. The Morgan fingerprint density at radius 1 is 1.00 bits per heavy atom. The van der Waals surface area contributed by atoms with Crippen LogP contribution >= 0.6 is 0 Å². The number of hydrogen-bond donors (Lipinski definition) is 2. The lowest BCUT2D eigenvalue weighted by Crippen LogP contribution is -2.45. The molecule has 128 valence electrons. The normalized spacial score (nSPS) is 15.1. The Hall–Kier alpha value is -2.10. The van der Waals surface area contributed by atoms with Gasteiger partial charge in [-0.25, -0.2) is 0 Å². The average molecular weight is 344 g/mol. The number of Topliss-reactive ketones (excluding diaryl/α,β-unsaturated/α-hetero) is 2. The highest BCUT2D eigenvalue weighted by Gasteiger charge is 2.53. The smallest absolute Gasteiger partial charge is 0.450 e. The molecule has 2 N–H and O–H groups in total. The molecule has 0 amide bonds. The minimum absolute atomic E-state index is 0.278. The molecule has 23 heavy (non-hydrogen) atoms. The molecule has 2 atom stereocenters. The molecule has 0 saturated heterocycles. The van der Waals surface area contributed by atoms with Crippen molar-refractivity contribution in [1.29, 1.82) is 0 Å². The van der Waals surface area contributed by atoms with Crippen LogP contribution in [0, 0.1) is 5.92 Å². The summed E-state index contributed by atoms with van der Waals surface area (Å²) < 4.78 is 74.5. The molecule has 1 aromatic rings. The number of halogens is 6. The van der Waals surface area contributed by atoms with Crippen molar-refractivity contribution >= 4 is 11.6 Å². The summed E-state index contributed by atoms with van der Waals surface area (Å²) in [5, 5.41) is 18.0. The first kappa shape index (κ1) is 18.9. The Kier molecular flexibility index (Phi) is 5.41. The number of aliphatic hydroxyl groups excluding tert-OH is 1. The van der Waals surface area contributed by atoms with Crippen molar-refractivity contribution in [2.75, 3.05) is 0 Å². The summed E-state index contributed by atoms with van der Waals surface area (Å²) in [7, 11) is 0. The molecule has 0 heterocycles. The van der Waals surface area contributed by atoms with Gasteiger partial charge in [-0.15, -0.1) is 0 Å². The Morgan fingerprint density at radius 2 is 1.48 bits per heavy atom. The minimum Gasteiger partial charge on any atom is -0.508 e. The monoisotopic (exact) mass is 344 g/mol. The minimum atomic E-state index is -5.63. The van der Waals surface area contributed by atoms with Crippen LogP contribution in [-0.4, -0.2) is 40.2 Å². The van der Waals surface area contributed by atoms with E-state index in [9.17, 15) is 35.9 Å². The van der Waals surface area contributed by atoms with Crippen molar-refractivity contribution in [2.24, 2.45) is 5.92 Å². The third-order valence-corrected chi connectivity index (χ3v) is 2.93. The van der Waals surface area contributed by atoms with E-state index in [1.807, 2.05) is 0 Å². The van der Waals surface area contributed by atoms with Crippen LogP contribution in [0.4, 0.5) is 26.3 Å². The molecule has 1 aromatic carbocycles. The van der Waals surface area contributed by atoms with Crippen LogP contribution in [0.2, 0.25) is 0 Å². The van der Waals surface area contributed by atoms with E-state index < -0.39 is 42.4 Å². The van der Waals surface area contributed by atoms with Crippen molar-refractivity contribution < 1.29 is 46.1 Å². The lowest BCUT2D eigenvalue weighted by molar-refractivity contribution is -0.227. The summed E-state index contributed by atoms with van der Waals surface area (Å²) in [5.41, 5.74) is -0.308. The zero-order valence-electron chi connectivity index (χ0n) is 11.1. The second kappa shape index (κ2) is 6.57. The van der Waals surface area contributed by atoms with E-state index in [0.717, 1.165) is 24.3 Å². The summed E-state index contributed by atoms with van der Waals surface area (Å²) in [6.07, 6.45) is -16.2. The summed E-state index contributed by atoms with van der Waals surface area (Å²) in [4.78, 5) is 22.8. The van der Waals surface area contributed by atoms with Gasteiger partial charge in [0, 0.05) is 12.0 Å². The number of aromatic hydroxyl groups is 1. The quantitative estimate of drug-likeness (QED) is 0.636. The fraction of sp³-hybridized carbons (Fsp3) is 0.385. The summed E-state index contributed by atoms with van der Waals surface area (Å²) in [5.74, 6) is -7.33. The van der Waals surface area contributed by atoms with Crippen molar-refractivity contribution in [1.82, 2.24) is 0 Å². The fourth-order valence-corrected chi connectivity index (χ4v) is 1.75. The van der Waals surface area contributed by atoms with Gasteiger partial charge in [-0.05, 0) is 24.3 Å². The largest absolute Gasteiger partial charge is 0.508 e. The van der Waals surface area contributed by atoms with Gasteiger partial charge in [-0.1, -0.05) is 0 Å². The maximum absolute atomic E-state index is 12.4. The molecule has 0 fully saturated rings. The molecule has 4 nitrogen and oxygen atoms in total. The number of alkyl halides is 6. The van der Waals surface area contributed by atoms with Crippen molar-refractivity contribution in [3.63, 3.8) is 0 Å². The number of carbonyl (C=O) groups is 2. The first-order chi connectivity index (χ1) is 10.3. The standard InChI is InChI=1S/C13H10F6O4/c14-12(15,16)10(22)8(11(23)13(17,18)19)5-9(21)6-1-3-7(20)4-2-6/h1-4,8,10,20,22H,5H2. The molecule has 0 aliphatic carbocycles. The molecule has 2 unspecified atom stereocenters. The molecule has 0 aliphatic rings. The maximum atomic E-state index is 12.4. The average Bonchev–Trinajstić information content (AvgIpc) is 2.41. The zero-order chi connectivity index (χ0) is 18.0. The highest BCUT2D eigenvalue weighted by molar-refractivity contribution is 6.00. The number of hydrogen-bond acceptors (Lipinski definition) is 4. The summed E-state index contributed by atoms with van der Waals surface area (Å²) in [6.45, 7) is 0. The third kappa shape index (κ3) is 4.95. The number of phenols is 1. The molecule has 0 bridgehead atoms. The molecule has 0 aliphatic heterocycles. The lowest BCUT2D eigenvalue weighted by Gasteiger charge is -2.24. The van der Waals surface area contributed by atoms with Crippen LogP contribution in [0.3, 0.4) is 0 Å². The van der Waals surface area contributed by atoms with Gasteiger partial charge in [0.05, 0.1) is 5.92 Å². The van der Waals surface area contributed by atoms with Gasteiger partial charge in [0.25, 0.3) is 0 Å². The lowest BCUT2D eigenvalue weighted by atomic mass is 9.89. The topological polar surface area (TPSA) is 74.6 Å². The van der Waals surface area contributed by atoms with Crippen LogP contribution in [-0.2, 0) is 4.79 Å². The van der Waals surface area contributed by atoms with Gasteiger partial charge in [-0.3, -0.25) is 9.59 Å². The number of carbonyl (C=O) groups excluding carboxylic acids is 2. The van der Waals surface area contributed by atoms with E-state index in [1.54, 1.807) is 0 Å². The van der Waals surface area contributed by atoms with Crippen LogP contribution in [0.1, 0.15) is 16.8 Å². The number of rotatable bonds is 5. The van der Waals surface area contributed by atoms with E-state index in [4.69, 9.17) is 10.2 Å². The first-order valence-electron chi connectivity index (χ1n) is 6.02. The van der Waals surface area contributed by atoms with Gasteiger partial charge >= 0.3 is 12.4 Å². The van der Waals surface area contributed by atoms with E-state index in [1.165, 1.54) is 0 Å². The number of phenolic OH excluding ortho intramolecular Hbond substituents is 1. The zero-order valence-corrected chi connectivity index (χ0v) is 11.1. The van der Waals surface area contributed by atoms with Gasteiger partial charge in [-0.2, -0.15) is 26.3 Å². The van der Waals surface area contributed by atoms with Crippen LogP contribution in [0.25, 0.3) is 0 Å². The highest BCUT2D eigenvalue weighted by Crippen LogP contribution is 2.33. The van der Waals surface area contributed by atoms with E-state index in [2.05, 4.69) is 0 Å². The first-order valence-corrected chi connectivity index (χ1v) is 6.02. The predicted octanol–water partition coefficient (Wildman–Crippen LogP) is 2.64. The van der Waals surface area contributed by atoms with Gasteiger partial charge in [0.2, 0.25) is 5.78 Å². The van der Waals surface area contributed by atoms with E-state index >= 15 is 0 Å². The van der Waals surface area contributed by atoms with Gasteiger partial charge < -0.3 is 10.2 Å². The van der Waals surface area contributed by atoms with Crippen LogP contribution in [0.5, 0.6) is 5.75 Å². The summed E-state index contributed by atoms with van der Waals surface area (Å²) in [6, 6.07) is 3.92. The fourth-order valence-electron chi connectivity index (χ4n) is 1.75. The predicted molar refractivity (Wildman–Crippen MR) is 63.7 cm³/mol. The molecular weight excluding hydrogens is 334 g/mol. The van der Waals surface area contributed by atoms with Crippen LogP contribution < -0.4 is 0 Å². The van der Waals surface area contributed by atoms with Crippen molar-refractivity contribution in [2.45, 2.75) is 24.9 Å². The van der Waals surface area contributed by atoms with Gasteiger partial charge in [0.15, 0.2) is 11.9 Å². The Labute approximate surface area is 125 Å². The number of ketones is 2. The maximum Gasteiger partial charge on any atom is 0.450 e. The second-order valence-electron chi connectivity index (χ2n) is 4.63. The molecule has 0 spiro atoms. The van der Waals surface area contributed by atoms with E-state index in [0.29, 0.717) is 0 Å². The Morgan fingerprint density at radius 3 is 1.87 bits per heavy atom.